The van der Waals surface area contributed by atoms with Crippen LogP contribution in [0.1, 0.15) is 31.9 Å². The molecule has 4 amide bonds. The van der Waals surface area contributed by atoms with Gasteiger partial charge in [-0.05, 0) is 23.3 Å². The van der Waals surface area contributed by atoms with E-state index in [4.69, 9.17) is 0 Å². The first-order valence-corrected chi connectivity index (χ1v) is 17.2. The maximum atomic E-state index is 13.5. The molecule has 0 radical (unpaired) electrons. The zero-order valence-corrected chi connectivity index (χ0v) is 30.8. The van der Waals surface area contributed by atoms with Crippen LogP contribution in [-0.2, 0) is 14.4 Å². The minimum Gasteiger partial charge on any atom is -0.543 e. The van der Waals surface area contributed by atoms with Crippen molar-refractivity contribution in [1.29, 1.82) is 0 Å². The molecule has 5 rings (SSSR count). The summed E-state index contributed by atoms with van der Waals surface area (Å²) in [5.41, 5.74) is -0.633. The Hall–Kier alpha value is -4.10. The predicted molar refractivity (Wildman–Crippen MR) is 169 cm³/mol. The summed E-state index contributed by atoms with van der Waals surface area (Å²) in [5.74, 6) is -5.91. The number of carboxylic acids is 1. The van der Waals surface area contributed by atoms with Crippen molar-refractivity contribution in [2.24, 2.45) is 0 Å². The smallest absolute Gasteiger partial charge is 0.543 e. The Kier molecular flexibility index (Phi) is 13.5. The van der Waals surface area contributed by atoms with Crippen molar-refractivity contribution in [3.8, 4) is 17.6 Å². The predicted octanol–water partition coefficient (Wildman–Crippen LogP) is -6.06. The Morgan fingerprint density at radius 2 is 1.73 bits per heavy atom. The molecule has 3 aromatic rings. The average molecular weight is 772 g/mol. The van der Waals surface area contributed by atoms with E-state index < -0.39 is 64.6 Å². The number of amides is 4. The second kappa shape index (κ2) is 17.4. The number of nitrogens with one attached hydrogen (secondary N) is 2. The van der Waals surface area contributed by atoms with Crippen LogP contribution in [-0.4, -0.2) is 140 Å². The van der Waals surface area contributed by atoms with Gasteiger partial charge in [-0.2, -0.15) is 4.98 Å². The molecule has 1 aromatic carbocycles. The number of aliphatic hydroxyl groups is 2. The summed E-state index contributed by atoms with van der Waals surface area (Å²) in [6.07, 6.45) is 0. The number of phenols is 1. The van der Waals surface area contributed by atoms with Crippen LogP contribution in [0.25, 0.3) is 0 Å². The first-order chi connectivity index (χ1) is 23.9. The number of carboxylic acid groups (broad SMARTS) is 1. The molecule has 2 aromatic heterocycles. The van der Waals surface area contributed by atoms with Crippen molar-refractivity contribution in [3.63, 3.8) is 0 Å². The summed E-state index contributed by atoms with van der Waals surface area (Å²) in [5, 5.41) is 78.0. The topological polar surface area (TPSA) is 305 Å². The number of aliphatic hydroxyl groups excluding tert-OH is 2. The SMILES string of the molecule is O=C([O-])C1=C(CSc2nnc(C(=O)N(CCO)CCO)s2)CS[C@@H]2C(NC(=O)C(NC(=O)c3nnc(O)nc3O)c3ccc(O)cc3)C(=O)N12.[Na+]. The minimum absolute atomic E-state index is 0. The summed E-state index contributed by atoms with van der Waals surface area (Å²) in [7, 11) is 0. The van der Waals surface area contributed by atoms with E-state index in [1.165, 1.54) is 29.2 Å². The number of aromatic nitrogens is 5. The Morgan fingerprint density at radius 3 is 2.35 bits per heavy atom. The molecule has 1 fully saturated rings. The molecule has 51 heavy (non-hydrogen) atoms. The molecule has 0 bridgehead atoms. The van der Waals surface area contributed by atoms with Crippen LogP contribution in [0.5, 0.6) is 17.6 Å². The van der Waals surface area contributed by atoms with Gasteiger partial charge in [-0.25, -0.2) is 0 Å². The number of β-lactam (4-membered cyclic amide) rings is 1. The molecule has 20 nitrogen and oxygen atoms in total. The van der Waals surface area contributed by atoms with Crippen LogP contribution in [0, 0.1) is 0 Å². The van der Waals surface area contributed by atoms with Crippen molar-refractivity contribution in [2.45, 2.75) is 21.8 Å². The molecular formula is C27H26N9NaO11S3. The molecule has 4 heterocycles. The fourth-order valence-corrected chi connectivity index (χ4v) is 8.14. The van der Waals surface area contributed by atoms with Crippen molar-refractivity contribution in [1.82, 2.24) is 45.8 Å². The first-order valence-electron chi connectivity index (χ1n) is 14.3. The average Bonchev–Trinajstić information content (AvgIpc) is 3.57. The van der Waals surface area contributed by atoms with Crippen molar-refractivity contribution >= 4 is 64.5 Å². The number of carbonyl (C=O) groups excluding carboxylic acids is 5. The third kappa shape index (κ3) is 8.86. The number of rotatable bonds is 14. The molecule has 7 N–H and O–H groups in total. The molecular weight excluding hydrogens is 746 g/mol. The molecule has 2 unspecified atom stereocenters. The zero-order valence-electron chi connectivity index (χ0n) is 26.3. The van der Waals surface area contributed by atoms with Gasteiger partial charge in [0.05, 0.1) is 24.9 Å². The summed E-state index contributed by atoms with van der Waals surface area (Å²) in [6, 6.07) is 1.50. The number of hydrogen-bond donors (Lipinski definition) is 7. The maximum Gasteiger partial charge on any atom is 1.00 e. The molecule has 24 heteroatoms. The van der Waals surface area contributed by atoms with Crippen molar-refractivity contribution in [3.05, 3.63) is 51.8 Å². The van der Waals surface area contributed by atoms with E-state index in [-0.39, 0.29) is 89.4 Å². The Labute approximate surface area is 321 Å². The molecule has 0 spiro atoms. The van der Waals surface area contributed by atoms with E-state index in [2.05, 4.69) is 36.0 Å². The number of thioether (sulfide) groups is 2. The van der Waals surface area contributed by atoms with Crippen LogP contribution >= 0.6 is 34.9 Å². The second-order valence-corrected chi connectivity index (χ2v) is 13.6. The van der Waals surface area contributed by atoms with Crippen LogP contribution in [0.15, 0.2) is 39.9 Å². The van der Waals surface area contributed by atoms with Gasteiger partial charge in [0.15, 0.2) is 4.34 Å². The van der Waals surface area contributed by atoms with Gasteiger partial charge in [0.1, 0.15) is 23.2 Å². The van der Waals surface area contributed by atoms with Gasteiger partial charge in [0.2, 0.25) is 22.5 Å². The van der Waals surface area contributed by atoms with E-state index in [0.717, 1.165) is 39.8 Å². The Bertz CT molecular complexity index is 1840. The molecule has 0 saturated carbocycles. The molecule has 2 aliphatic rings. The fraction of sp³-hybridized carbons (Fsp3) is 0.333. The van der Waals surface area contributed by atoms with Gasteiger partial charge < -0.3 is 51.0 Å². The van der Waals surface area contributed by atoms with Gasteiger partial charge >= 0.3 is 35.6 Å². The number of carbonyl (C=O) groups is 5. The van der Waals surface area contributed by atoms with Gasteiger partial charge in [-0.1, -0.05) is 40.3 Å². The van der Waals surface area contributed by atoms with Crippen LogP contribution in [0.2, 0.25) is 0 Å². The monoisotopic (exact) mass is 771 g/mol. The summed E-state index contributed by atoms with van der Waals surface area (Å²) in [4.78, 5) is 70.1. The van der Waals surface area contributed by atoms with E-state index >= 15 is 0 Å². The van der Waals surface area contributed by atoms with Crippen molar-refractivity contribution in [2.75, 3.05) is 37.8 Å². The number of fused-ring (bicyclic) bond motifs is 1. The molecule has 264 valence electrons. The first kappa shape index (κ1) is 39.7. The van der Waals surface area contributed by atoms with Gasteiger partial charge in [-0.15, -0.1) is 27.1 Å². The summed E-state index contributed by atoms with van der Waals surface area (Å²) >= 11 is 3.17. The van der Waals surface area contributed by atoms with E-state index in [0.29, 0.717) is 9.91 Å². The third-order valence-electron chi connectivity index (χ3n) is 7.16. The minimum atomic E-state index is -1.63. The number of aliphatic carboxylic acids is 1. The molecule has 2 aliphatic heterocycles. The number of nitrogens with zero attached hydrogens (tertiary/aromatic N) is 7. The quantitative estimate of drug-likeness (QED) is 0.0456. The normalized spacial score (nSPS) is 17.1. The van der Waals surface area contributed by atoms with E-state index in [1.54, 1.807) is 0 Å². The van der Waals surface area contributed by atoms with E-state index in [1.807, 2.05) is 0 Å². The molecule has 1 saturated heterocycles. The Balaban J connectivity index is 0.00000583. The molecule has 0 aliphatic carbocycles. The summed E-state index contributed by atoms with van der Waals surface area (Å²) < 4.78 is 0.323. The third-order valence-corrected chi connectivity index (χ3v) is 10.6. The van der Waals surface area contributed by atoms with Crippen LogP contribution in [0.4, 0.5) is 0 Å². The van der Waals surface area contributed by atoms with Gasteiger partial charge in [-0.3, -0.25) is 24.1 Å². The van der Waals surface area contributed by atoms with Crippen LogP contribution in [0.3, 0.4) is 0 Å². The maximum absolute atomic E-state index is 13.5. The van der Waals surface area contributed by atoms with Gasteiger partial charge in [0, 0.05) is 24.6 Å². The summed E-state index contributed by atoms with van der Waals surface area (Å²) in [6.45, 7) is -0.673. The Morgan fingerprint density at radius 1 is 1.04 bits per heavy atom. The standard InChI is InChI=1S/C27H27N9O11S3.Na/c37-7-5-35(6-8-38)23(44)21-32-34-27(50-21)49-10-12-9-48-24-16(22(43)36(24)17(12)25(45)46)29-18(40)14(11-1-3-13(39)4-2-11)28-19(41)15-20(42)30-26(47)33-31-15;/h1-4,14,16,24,37-39H,5-10H2,(H,28,41)(H,29,40)(H,45,46)(H2,30,33,42,47);/q;+1/p-1/t14?,16?,24-;/m1./s1. The van der Waals surface area contributed by atoms with Crippen molar-refractivity contribution < 1.29 is 84.2 Å². The fourth-order valence-electron chi connectivity index (χ4n) is 4.84. The second-order valence-electron chi connectivity index (χ2n) is 10.3. The molecule has 3 atom stereocenters. The number of phenolic OH excluding ortho intramolecular Hbond substituents is 1. The van der Waals surface area contributed by atoms with Crippen LogP contribution < -0.4 is 45.3 Å². The zero-order chi connectivity index (χ0) is 36.1. The van der Waals surface area contributed by atoms with Gasteiger partial charge in [0.25, 0.3) is 17.7 Å². The number of hydrogen-bond acceptors (Lipinski definition) is 19. The van der Waals surface area contributed by atoms with E-state index in [9.17, 15) is 54.6 Å². The largest absolute Gasteiger partial charge is 1.00 e. The number of benzene rings is 1. The number of aromatic hydroxyl groups is 3.